The first-order valence-corrected chi connectivity index (χ1v) is 10.9. The Bertz CT molecular complexity index is 859. The second-order valence-corrected chi connectivity index (χ2v) is 8.81. The Morgan fingerprint density at radius 2 is 1.52 bits per heavy atom. The zero-order valence-electron chi connectivity index (χ0n) is 16.4. The first-order valence-electron chi connectivity index (χ1n) is 9.08. The van der Waals surface area contributed by atoms with Gasteiger partial charge in [-0.1, -0.05) is 47.5 Å². The van der Waals surface area contributed by atoms with Crippen LogP contribution in [0, 0.1) is 13.8 Å². The third kappa shape index (κ3) is 6.10. The maximum atomic E-state index is 12.5. The van der Waals surface area contributed by atoms with Gasteiger partial charge in [0.1, 0.15) is 6.04 Å². The van der Waals surface area contributed by atoms with Crippen LogP contribution in [0.3, 0.4) is 0 Å². The summed E-state index contributed by atoms with van der Waals surface area (Å²) in [4.78, 5) is 12.5. The van der Waals surface area contributed by atoms with Gasteiger partial charge < -0.3 is 5.32 Å². The summed E-state index contributed by atoms with van der Waals surface area (Å²) in [6.45, 7) is 6.09. The summed E-state index contributed by atoms with van der Waals surface area (Å²) in [5, 5.41) is 2.85. The first-order chi connectivity index (χ1) is 12.7. The van der Waals surface area contributed by atoms with Gasteiger partial charge in [0, 0.05) is 6.54 Å². The van der Waals surface area contributed by atoms with Crippen LogP contribution in [0.25, 0.3) is 0 Å². The minimum atomic E-state index is -3.58. The fourth-order valence-electron chi connectivity index (χ4n) is 2.91. The molecule has 1 amide bonds. The van der Waals surface area contributed by atoms with Crippen LogP contribution >= 0.6 is 0 Å². The van der Waals surface area contributed by atoms with Crippen LogP contribution in [0.1, 0.15) is 30.0 Å². The molecule has 146 valence electrons. The molecule has 2 aromatic carbocycles. The summed E-state index contributed by atoms with van der Waals surface area (Å²) in [5.74, 6) is -0.301. The van der Waals surface area contributed by atoms with E-state index in [1.165, 1.54) is 15.4 Å². The van der Waals surface area contributed by atoms with E-state index in [1.54, 1.807) is 19.1 Å². The van der Waals surface area contributed by atoms with E-state index in [4.69, 9.17) is 0 Å². The zero-order chi connectivity index (χ0) is 20.0. The van der Waals surface area contributed by atoms with Crippen molar-refractivity contribution in [3.05, 3.63) is 65.2 Å². The summed E-state index contributed by atoms with van der Waals surface area (Å²) in [7, 11) is -3.58. The molecule has 0 saturated heterocycles. The van der Waals surface area contributed by atoms with E-state index in [0.29, 0.717) is 12.2 Å². The van der Waals surface area contributed by atoms with Crippen LogP contribution < -0.4 is 9.62 Å². The Balaban J connectivity index is 1.96. The Kier molecular flexibility index (Phi) is 7.02. The molecule has 0 aromatic heterocycles. The van der Waals surface area contributed by atoms with Crippen LogP contribution in [0.5, 0.6) is 0 Å². The summed E-state index contributed by atoms with van der Waals surface area (Å²) in [6, 6.07) is 14.6. The summed E-state index contributed by atoms with van der Waals surface area (Å²) in [6.07, 6.45) is 2.78. The lowest BCUT2D eigenvalue weighted by Crippen LogP contribution is -2.48. The molecule has 0 spiro atoms. The van der Waals surface area contributed by atoms with Crippen LogP contribution in [-0.4, -0.2) is 33.2 Å². The molecular formula is C21H28N2O3S. The number of aryl methyl sites for hydroxylation is 3. The Labute approximate surface area is 162 Å². The van der Waals surface area contributed by atoms with Crippen LogP contribution in [0.4, 0.5) is 5.69 Å². The number of benzene rings is 2. The lowest BCUT2D eigenvalue weighted by Gasteiger charge is -2.28. The van der Waals surface area contributed by atoms with Crippen molar-refractivity contribution in [1.82, 2.24) is 5.32 Å². The molecule has 0 saturated carbocycles. The fraction of sp³-hybridized carbons (Fsp3) is 0.381. The zero-order valence-corrected chi connectivity index (χ0v) is 17.2. The van der Waals surface area contributed by atoms with Crippen molar-refractivity contribution in [2.75, 3.05) is 17.1 Å². The van der Waals surface area contributed by atoms with Gasteiger partial charge in [0.15, 0.2) is 0 Å². The molecule has 0 heterocycles. The van der Waals surface area contributed by atoms with Crippen LogP contribution in [0.15, 0.2) is 48.5 Å². The third-order valence-electron chi connectivity index (χ3n) is 4.44. The molecule has 2 aromatic rings. The van der Waals surface area contributed by atoms with Crippen LogP contribution in [0.2, 0.25) is 0 Å². The summed E-state index contributed by atoms with van der Waals surface area (Å²) >= 11 is 0. The molecule has 5 nitrogen and oxygen atoms in total. The molecule has 0 aliphatic carbocycles. The Hall–Kier alpha value is -2.34. The minimum Gasteiger partial charge on any atom is -0.354 e. The minimum absolute atomic E-state index is 0.301. The predicted molar refractivity (Wildman–Crippen MR) is 110 cm³/mol. The Morgan fingerprint density at radius 1 is 1.00 bits per heavy atom. The highest BCUT2D eigenvalue weighted by Crippen LogP contribution is 2.21. The highest BCUT2D eigenvalue weighted by Gasteiger charge is 2.28. The van der Waals surface area contributed by atoms with Gasteiger partial charge >= 0.3 is 0 Å². The van der Waals surface area contributed by atoms with E-state index < -0.39 is 16.1 Å². The number of amides is 1. The molecule has 0 radical (unpaired) electrons. The largest absolute Gasteiger partial charge is 0.354 e. The number of sulfonamides is 1. The van der Waals surface area contributed by atoms with Gasteiger partial charge in [0.2, 0.25) is 15.9 Å². The summed E-state index contributed by atoms with van der Waals surface area (Å²) in [5.41, 5.74) is 3.96. The molecule has 27 heavy (non-hydrogen) atoms. The van der Waals surface area contributed by atoms with Gasteiger partial charge in [0.05, 0.1) is 11.9 Å². The Morgan fingerprint density at radius 3 is 2.04 bits per heavy atom. The second kappa shape index (κ2) is 9.04. The molecule has 0 bridgehead atoms. The van der Waals surface area contributed by atoms with E-state index in [2.05, 4.69) is 29.6 Å². The van der Waals surface area contributed by atoms with Crippen LogP contribution in [-0.2, 0) is 21.2 Å². The molecule has 1 unspecified atom stereocenters. The normalized spacial score (nSPS) is 12.4. The quantitative estimate of drug-likeness (QED) is 0.706. The summed E-state index contributed by atoms with van der Waals surface area (Å²) < 4.78 is 25.7. The first kappa shape index (κ1) is 21.0. The van der Waals surface area contributed by atoms with Gasteiger partial charge in [-0.05, 0) is 51.3 Å². The average molecular weight is 389 g/mol. The molecule has 6 heteroatoms. The van der Waals surface area contributed by atoms with Gasteiger partial charge in [-0.2, -0.15) is 0 Å². The van der Waals surface area contributed by atoms with E-state index in [1.807, 2.05) is 26.0 Å². The monoisotopic (exact) mass is 388 g/mol. The number of nitrogens with one attached hydrogen (secondary N) is 1. The molecule has 0 aliphatic heterocycles. The molecular weight excluding hydrogens is 360 g/mol. The van der Waals surface area contributed by atoms with E-state index in [0.717, 1.165) is 24.7 Å². The number of hydrogen-bond acceptors (Lipinski definition) is 3. The average Bonchev–Trinajstić information content (AvgIpc) is 2.60. The maximum Gasteiger partial charge on any atom is 0.243 e. The SMILES string of the molecule is Cc1ccc(CCCNC(=O)C(C)N(c2ccc(C)cc2)S(C)(=O)=O)cc1. The standard InChI is InChI=1S/C21H28N2O3S/c1-16-7-11-19(12-8-16)6-5-15-22-21(24)18(3)23(27(4,25)26)20-13-9-17(2)10-14-20/h7-14,18H,5-6,15H2,1-4H3,(H,22,24). The highest BCUT2D eigenvalue weighted by atomic mass is 32.2. The van der Waals surface area contributed by atoms with Gasteiger partial charge in [-0.25, -0.2) is 8.42 Å². The maximum absolute atomic E-state index is 12.5. The number of carbonyl (C=O) groups excluding carboxylic acids is 1. The van der Waals surface area contributed by atoms with Gasteiger partial charge in [-0.3, -0.25) is 9.10 Å². The lowest BCUT2D eigenvalue weighted by molar-refractivity contribution is -0.121. The van der Waals surface area contributed by atoms with Crippen molar-refractivity contribution in [2.45, 2.75) is 39.7 Å². The number of rotatable bonds is 8. The number of nitrogens with zero attached hydrogens (tertiary/aromatic N) is 1. The molecule has 2 rings (SSSR count). The molecule has 0 aliphatic rings. The van der Waals surface area contributed by atoms with Gasteiger partial charge in [0.25, 0.3) is 0 Å². The van der Waals surface area contributed by atoms with Crippen molar-refractivity contribution >= 4 is 21.6 Å². The van der Waals surface area contributed by atoms with Crippen molar-refractivity contribution in [2.24, 2.45) is 0 Å². The number of carbonyl (C=O) groups is 1. The lowest BCUT2D eigenvalue weighted by atomic mass is 10.1. The van der Waals surface area contributed by atoms with E-state index in [9.17, 15) is 13.2 Å². The van der Waals surface area contributed by atoms with Gasteiger partial charge in [-0.15, -0.1) is 0 Å². The predicted octanol–water partition coefficient (Wildman–Crippen LogP) is 3.21. The molecule has 1 atom stereocenters. The third-order valence-corrected chi connectivity index (χ3v) is 5.68. The number of hydrogen-bond donors (Lipinski definition) is 1. The van der Waals surface area contributed by atoms with Crippen molar-refractivity contribution in [1.29, 1.82) is 0 Å². The van der Waals surface area contributed by atoms with Crippen molar-refractivity contribution in [3.63, 3.8) is 0 Å². The topological polar surface area (TPSA) is 66.5 Å². The fourth-order valence-corrected chi connectivity index (χ4v) is 4.08. The smallest absolute Gasteiger partial charge is 0.243 e. The van der Waals surface area contributed by atoms with E-state index in [-0.39, 0.29) is 5.91 Å². The van der Waals surface area contributed by atoms with E-state index >= 15 is 0 Å². The number of anilines is 1. The van der Waals surface area contributed by atoms with Crippen molar-refractivity contribution < 1.29 is 13.2 Å². The molecule has 0 fully saturated rings. The second-order valence-electron chi connectivity index (χ2n) is 6.95. The molecule has 1 N–H and O–H groups in total. The highest BCUT2D eigenvalue weighted by molar-refractivity contribution is 7.92. The van der Waals surface area contributed by atoms with Crippen molar-refractivity contribution in [3.8, 4) is 0 Å².